The molecule has 1 N–H and O–H groups in total. The van der Waals surface area contributed by atoms with Crippen molar-refractivity contribution in [3.05, 3.63) is 52.4 Å². The first kappa shape index (κ1) is 20.4. The molecular formula is C22H28N4O4. The van der Waals surface area contributed by atoms with Crippen molar-refractivity contribution in [3.8, 4) is 5.75 Å². The van der Waals surface area contributed by atoms with Gasteiger partial charge in [0.2, 0.25) is 0 Å². The van der Waals surface area contributed by atoms with Crippen molar-refractivity contribution in [2.24, 2.45) is 0 Å². The summed E-state index contributed by atoms with van der Waals surface area (Å²) in [5.74, 6) is 0.624. The number of β-amino-alcohol motifs (C(OH)–C–C–N with tert-alkyl or cyclic N) is 1. The minimum absolute atomic E-state index is 0.0177. The Labute approximate surface area is 175 Å². The van der Waals surface area contributed by atoms with Gasteiger partial charge in [-0.15, -0.1) is 0 Å². The summed E-state index contributed by atoms with van der Waals surface area (Å²) in [4.78, 5) is 29.1. The van der Waals surface area contributed by atoms with Crippen LogP contribution in [0, 0.1) is 6.92 Å². The number of carbonyl (C=O) groups excluding carboxylic acids is 1. The van der Waals surface area contributed by atoms with Crippen LogP contribution in [0.2, 0.25) is 0 Å². The first-order chi connectivity index (χ1) is 14.5. The lowest BCUT2D eigenvalue weighted by molar-refractivity contribution is -0.135. The van der Waals surface area contributed by atoms with Crippen LogP contribution < -0.4 is 15.2 Å². The van der Waals surface area contributed by atoms with E-state index in [1.54, 1.807) is 17.2 Å². The highest BCUT2D eigenvalue weighted by atomic mass is 16.5. The highest BCUT2D eigenvalue weighted by molar-refractivity contribution is 5.78. The number of benzene rings is 1. The molecule has 1 amide bonds. The van der Waals surface area contributed by atoms with Gasteiger partial charge in [0.05, 0.1) is 24.0 Å². The predicted octanol–water partition coefficient (Wildman–Crippen LogP) is 1.37. The zero-order valence-electron chi connectivity index (χ0n) is 17.2. The molecule has 0 saturated carbocycles. The predicted molar refractivity (Wildman–Crippen MR) is 113 cm³/mol. The number of amides is 1. The number of para-hydroxylation sites is 1. The minimum Gasteiger partial charge on any atom is -0.484 e. The van der Waals surface area contributed by atoms with Gasteiger partial charge in [-0.1, -0.05) is 18.2 Å². The second kappa shape index (κ2) is 8.87. The van der Waals surface area contributed by atoms with Gasteiger partial charge in [-0.25, -0.2) is 4.68 Å². The molecule has 1 aromatic heterocycles. The minimum atomic E-state index is -0.354. The summed E-state index contributed by atoms with van der Waals surface area (Å²) in [6.07, 6.45) is 3.65. The standard InChI is InChI=1S/C22H28N4O4/c1-16-5-2-3-7-20(16)30-15-22(29)25-9-4-6-17(13-25)26-21(28)11-18(12-23-26)24-10-8-19(27)14-24/h2-3,5,7,11-12,17,19,27H,4,6,8-10,13-15H2,1H3/t17?,19-/m0/s1. The average Bonchev–Trinajstić information content (AvgIpc) is 3.19. The van der Waals surface area contributed by atoms with Gasteiger partial charge in [0.1, 0.15) is 5.75 Å². The normalized spacial score (nSPS) is 21.7. The largest absolute Gasteiger partial charge is 0.484 e. The first-order valence-corrected chi connectivity index (χ1v) is 10.5. The maximum absolute atomic E-state index is 12.7. The van der Waals surface area contributed by atoms with Crippen LogP contribution in [-0.4, -0.2) is 64.6 Å². The van der Waals surface area contributed by atoms with E-state index in [-0.39, 0.29) is 30.2 Å². The molecule has 0 radical (unpaired) electrons. The number of piperidine rings is 1. The summed E-state index contributed by atoms with van der Waals surface area (Å²) in [5.41, 5.74) is 1.55. The summed E-state index contributed by atoms with van der Waals surface area (Å²) in [6, 6.07) is 9.04. The number of likely N-dealkylation sites (tertiary alicyclic amines) is 1. The maximum Gasteiger partial charge on any atom is 0.269 e. The lowest BCUT2D eigenvalue weighted by atomic mass is 10.1. The van der Waals surface area contributed by atoms with E-state index in [2.05, 4.69) is 5.10 Å². The van der Waals surface area contributed by atoms with Crippen LogP contribution in [0.25, 0.3) is 0 Å². The van der Waals surface area contributed by atoms with Gasteiger partial charge >= 0.3 is 0 Å². The van der Waals surface area contributed by atoms with E-state index >= 15 is 0 Å². The third-order valence-electron chi connectivity index (χ3n) is 5.88. The van der Waals surface area contributed by atoms with Gasteiger partial charge in [-0.2, -0.15) is 5.10 Å². The summed E-state index contributed by atoms with van der Waals surface area (Å²) in [5, 5.41) is 14.1. The number of rotatable bonds is 5. The molecule has 30 heavy (non-hydrogen) atoms. The van der Waals surface area contributed by atoms with Gasteiger partial charge in [0.15, 0.2) is 6.61 Å². The molecule has 0 aliphatic carbocycles. The van der Waals surface area contributed by atoms with Crippen molar-refractivity contribution in [2.75, 3.05) is 37.7 Å². The molecular weight excluding hydrogens is 384 g/mol. The number of aliphatic hydroxyl groups excluding tert-OH is 1. The highest BCUT2D eigenvalue weighted by Crippen LogP contribution is 2.22. The number of ether oxygens (including phenoxy) is 1. The molecule has 2 fully saturated rings. The molecule has 160 valence electrons. The van der Waals surface area contributed by atoms with Crippen LogP contribution in [-0.2, 0) is 4.79 Å². The molecule has 0 spiro atoms. The van der Waals surface area contributed by atoms with E-state index in [4.69, 9.17) is 4.74 Å². The Kier molecular flexibility index (Phi) is 6.03. The second-order valence-corrected chi connectivity index (χ2v) is 8.08. The Bertz CT molecular complexity index is 960. The fourth-order valence-electron chi connectivity index (χ4n) is 4.16. The van der Waals surface area contributed by atoms with Gasteiger partial charge in [0, 0.05) is 32.2 Å². The number of nitrogens with zero attached hydrogens (tertiary/aromatic N) is 4. The van der Waals surface area contributed by atoms with Crippen molar-refractivity contribution in [1.82, 2.24) is 14.7 Å². The monoisotopic (exact) mass is 412 g/mol. The zero-order chi connectivity index (χ0) is 21.1. The number of aromatic nitrogens is 2. The van der Waals surface area contributed by atoms with Gasteiger partial charge < -0.3 is 19.6 Å². The SMILES string of the molecule is Cc1ccccc1OCC(=O)N1CCCC(n2ncc(N3CC[C@H](O)C3)cc2=O)C1. The lowest BCUT2D eigenvalue weighted by Gasteiger charge is -2.33. The Morgan fingerprint density at radius 2 is 2.07 bits per heavy atom. The summed E-state index contributed by atoms with van der Waals surface area (Å²) in [6.45, 7) is 4.28. The van der Waals surface area contributed by atoms with Crippen LogP contribution >= 0.6 is 0 Å². The summed E-state index contributed by atoms with van der Waals surface area (Å²) in [7, 11) is 0. The van der Waals surface area contributed by atoms with Crippen LogP contribution in [0.15, 0.2) is 41.3 Å². The molecule has 8 heteroatoms. The van der Waals surface area contributed by atoms with E-state index in [0.717, 1.165) is 30.6 Å². The average molecular weight is 412 g/mol. The molecule has 4 rings (SSSR count). The Morgan fingerprint density at radius 3 is 2.80 bits per heavy atom. The number of hydrogen-bond donors (Lipinski definition) is 1. The van der Waals surface area contributed by atoms with E-state index in [1.165, 1.54) is 4.68 Å². The van der Waals surface area contributed by atoms with Crippen molar-refractivity contribution in [1.29, 1.82) is 0 Å². The van der Waals surface area contributed by atoms with Crippen LogP contribution in [0.5, 0.6) is 5.75 Å². The molecule has 8 nitrogen and oxygen atoms in total. The van der Waals surface area contributed by atoms with E-state index in [0.29, 0.717) is 31.8 Å². The number of aryl methyl sites for hydroxylation is 1. The maximum atomic E-state index is 12.7. The van der Waals surface area contributed by atoms with Crippen molar-refractivity contribution in [3.63, 3.8) is 0 Å². The Balaban J connectivity index is 1.39. The molecule has 1 unspecified atom stereocenters. The van der Waals surface area contributed by atoms with E-state index in [1.807, 2.05) is 36.1 Å². The van der Waals surface area contributed by atoms with Gasteiger partial charge in [-0.05, 0) is 37.8 Å². The molecule has 2 aliphatic rings. The molecule has 2 aromatic rings. The topological polar surface area (TPSA) is 87.9 Å². The van der Waals surface area contributed by atoms with Crippen molar-refractivity contribution >= 4 is 11.6 Å². The molecule has 2 saturated heterocycles. The molecule has 3 heterocycles. The second-order valence-electron chi connectivity index (χ2n) is 8.08. The lowest BCUT2D eigenvalue weighted by Crippen LogP contribution is -2.45. The summed E-state index contributed by atoms with van der Waals surface area (Å²) >= 11 is 0. The number of anilines is 1. The van der Waals surface area contributed by atoms with Crippen molar-refractivity contribution in [2.45, 2.75) is 38.3 Å². The molecule has 1 aromatic carbocycles. The molecule has 0 bridgehead atoms. The zero-order valence-corrected chi connectivity index (χ0v) is 17.2. The summed E-state index contributed by atoms with van der Waals surface area (Å²) < 4.78 is 7.18. The highest BCUT2D eigenvalue weighted by Gasteiger charge is 2.27. The quantitative estimate of drug-likeness (QED) is 0.798. The Hall–Kier alpha value is -2.87. The molecule has 2 aliphatic heterocycles. The third kappa shape index (κ3) is 4.48. The van der Waals surface area contributed by atoms with Gasteiger partial charge in [0.25, 0.3) is 11.5 Å². The van der Waals surface area contributed by atoms with Gasteiger partial charge in [-0.3, -0.25) is 9.59 Å². The molecule has 2 atom stereocenters. The van der Waals surface area contributed by atoms with Crippen LogP contribution in [0.1, 0.15) is 30.9 Å². The first-order valence-electron chi connectivity index (χ1n) is 10.5. The smallest absolute Gasteiger partial charge is 0.269 e. The number of aliphatic hydroxyl groups is 1. The van der Waals surface area contributed by atoms with Crippen molar-refractivity contribution < 1.29 is 14.6 Å². The van der Waals surface area contributed by atoms with Crippen LogP contribution in [0.4, 0.5) is 5.69 Å². The number of carbonyl (C=O) groups is 1. The third-order valence-corrected chi connectivity index (χ3v) is 5.88. The van der Waals surface area contributed by atoms with E-state index < -0.39 is 0 Å². The van der Waals surface area contributed by atoms with E-state index in [9.17, 15) is 14.7 Å². The fourth-order valence-corrected chi connectivity index (χ4v) is 4.16. The number of hydrogen-bond acceptors (Lipinski definition) is 6. The fraction of sp³-hybridized carbons (Fsp3) is 0.500. The Morgan fingerprint density at radius 1 is 1.23 bits per heavy atom. The van der Waals surface area contributed by atoms with Crippen LogP contribution in [0.3, 0.4) is 0 Å².